The van der Waals surface area contributed by atoms with Crippen molar-refractivity contribution in [3.8, 4) is 0 Å². The van der Waals surface area contributed by atoms with Gasteiger partial charge in [0.15, 0.2) is 5.13 Å². The molecule has 1 aromatic heterocycles. The molecule has 1 aromatic carbocycles. The Balaban J connectivity index is 1.69. The molecule has 0 spiro atoms. The number of hydrogen-bond acceptors (Lipinski definition) is 6. The lowest BCUT2D eigenvalue weighted by Crippen LogP contribution is -2.35. The van der Waals surface area contributed by atoms with Crippen LogP contribution >= 0.6 is 11.3 Å². The van der Waals surface area contributed by atoms with Gasteiger partial charge in [0.05, 0.1) is 10.2 Å². The third-order valence-electron chi connectivity index (χ3n) is 2.77. The van der Waals surface area contributed by atoms with Gasteiger partial charge in [-0.3, -0.25) is 9.59 Å². The Kier molecular flexibility index (Phi) is 5.54. The highest BCUT2D eigenvalue weighted by molar-refractivity contribution is 7.22. The predicted molar refractivity (Wildman–Crippen MR) is 91.6 cm³/mol. The van der Waals surface area contributed by atoms with Crippen LogP contribution in [0.1, 0.15) is 27.2 Å². The van der Waals surface area contributed by atoms with Crippen LogP contribution < -0.4 is 10.6 Å². The van der Waals surface area contributed by atoms with Crippen LogP contribution in [-0.4, -0.2) is 35.6 Å². The monoisotopic (exact) mass is 335 g/mol. The summed E-state index contributed by atoms with van der Waals surface area (Å²) in [4.78, 5) is 27.6. The van der Waals surface area contributed by atoms with Crippen molar-refractivity contribution in [1.82, 2.24) is 10.3 Å². The van der Waals surface area contributed by atoms with Gasteiger partial charge in [-0.25, -0.2) is 4.98 Å². The summed E-state index contributed by atoms with van der Waals surface area (Å²) in [6, 6.07) is 7.86. The smallest absolute Gasteiger partial charge is 0.325 e. The highest BCUT2D eigenvalue weighted by Crippen LogP contribution is 2.25. The van der Waals surface area contributed by atoms with Crippen molar-refractivity contribution in [3.05, 3.63) is 24.3 Å². The molecular weight excluding hydrogens is 314 g/mol. The minimum absolute atomic E-state index is 0.114. The number of benzene rings is 1. The van der Waals surface area contributed by atoms with E-state index in [-0.39, 0.29) is 18.9 Å². The number of rotatable bonds is 6. The number of para-hydroxylation sites is 1. The van der Waals surface area contributed by atoms with Gasteiger partial charge in [-0.1, -0.05) is 23.5 Å². The van der Waals surface area contributed by atoms with Crippen molar-refractivity contribution < 1.29 is 14.3 Å². The van der Waals surface area contributed by atoms with Gasteiger partial charge in [-0.15, -0.1) is 0 Å². The Hall–Kier alpha value is -2.15. The molecule has 7 heteroatoms. The molecule has 0 aliphatic heterocycles. The Morgan fingerprint density at radius 1 is 1.26 bits per heavy atom. The Labute approximate surface area is 139 Å². The standard InChI is InChI=1S/C16H21N3O3S/c1-16(2,3)22-14(21)10-18-13(20)8-9-17-15-19-11-6-4-5-7-12(11)23-15/h4-7H,8-10H2,1-3H3,(H,17,19)(H,18,20). The van der Waals surface area contributed by atoms with Crippen molar-refractivity contribution >= 4 is 38.6 Å². The zero-order valence-electron chi connectivity index (χ0n) is 13.5. The molecule has 0 atom stereocenters. The van der Waals surface area contributed by atoms with Crippen LogP contribution in [0.5, 0.6) is 0 Å². The molecule has 1 amide bonds. The maximum atomic E-state index is 11.7. The highest BCUT2D eigenvalue weighted by Gasteiger charge is 2.16. The number of carbonyl (C=O) groups excluding carboxylic acids is 2. The molecule has 0 saturated carbocycles. The van der Waals surface area contributed by atoms with E-state index in [4.69, 9.17) is 4.74 Å². The number of ether oxygens (including phenoxy) is 1. The van der Waals surface area contributed by atoms with E-state index in [0.29, 0.717) is 6.54 Å². The first-order chi connectivity index (χ1) is 10.8. The summed E-state index contributed by atoms with van der Waals surface area (Å²) < 4.78 is 6.22. The molecule has 6 nitrogen and oxygen atoms in total. The Bertz CT molecular complexity index is 658. The van der Waals surface area contributed by atoms with Crippen LogP contribution in [0.25, 0.3) is 10.2 Å². The third-order valence-corrected chi connectivity index (χ3v) is 3.77. The minimum Gasteiger partial charge on any atom is -0.459 e. The molecule has 0 aliphatic carbocycles. The number of carbonyl (C=O) groups is 2. The lowest BCUT2D eigenvalue weighted by atomic mass is 10.2. The highest BCUT2D eigenvalue weighted by atomic mass is 32.1. The molecule has 0 bridgehead atoms. The van der Waals surface area contributed by atoms with Crippen LogP contribution in [0, 0.1) is 0 Å². The zero-order valence-corrected chi connectivity index (χ0v) is 14.3. The molecule has 23 heavy (non-hydrogen) atoms. The largest absolute Gasteiger partial charge is 0.459 e. The van der Waals surface area contributed by atoms with E-state index in [1.54, 1.807) is 32.1 Å². The summed E-state index contributed by atoms with van der Waals surface area (Å²) >= 11 is 1.55. The lowest BCUT2D eigenvalue weighted by molar-refractivity contribution is -0.154. The molecule has 0 saturated heterocycles. The van der Waals surface area contributed by atoms with E-state index >= 15 is 0 Å². The fourth-order valence-electron chi connectivity index (χ4n) is 1.87. The van der Waals surface area contributed by atoms with Crippen molar-refractivity contribution in [3.63, 3.8) is 0 Å². The van der Waals surface area contributed by atoms with E-state index in [1.165, 1.54) is 0 Å². The number of fused-ring (bicyclic) bond motifs is 1. The van der Waals surface area contributed by atoms with Gasteiger partial charge in [0.1, 0.15) is 12.1 Å². The number of anilines is 1. The molecule has 0 fully saturated rings. The number of amides is 1. The molecule has 124 valence electrons. The maximum Gasteiger partial charge on any atom is 0.325 e. The predicted octanol–water partition coefficient (Wildman–Crippen LogP) is 2.56. The zero-order chi connectivity index (χ0) is 16.9. The van der Waals surface area contributed by atoms with E-state index in [9.17, 15) is 9.59 Å². The van der Waals surface area contributed by atoms with Crippen molar-refractivity contribution in [2.24, 2.45) is 0 Å². The van der Waals surface area contributed by atoms with Gasteiger partial charge in [0, 0.05) is 13.0 Å². The van der Waals surface area contributed by atoms with Crippen LogP contribution in [0.4, 0.5) is 5.13 Å². The van der Waals surface area contributed by atoms with E-state index in [1.807, 2.05) is 24.3 Å². The molecule has 2 N–H and O–H groups in total. The number of nitrogens with zero attached hydrogens (tertiary/aromatic N) is 1. The molecule has 0 aliphatic rings. The minimum atomic E-state index is -0.545. The van der Waals surface area contributed by atoms with Crippen LogP contribution in [0.15, 0.2) is 24.3 Å². The Morgan fingerprint density at radius 2 is 2.00 bits per heavy atom. The molecule has 2 rings (SSSR count). The van der Waals surface area contributed by atoms with E-state index in [2.05, 4.69) is 15.6 Å². The summed E-state index contributed by atoms with van der Waals surface area (Å²) in [6.45, 7) is 5.70. The van der Waals surface area contributed by atoms with Gasteiger partial charge < -0.3 is 15.4 Å². The summed E-state index contributed by atoms with van der Waals surface area (Å²) in [5.41, 5.74) is 0.394. The third kappa shape index (κ3) is 5.86. The van der Waals surface area contributed by atoms with Crippen LogP contribution in [0.3, 0.4) is 0 Å². The summed E-state index contributed by atoms with van der Waals surface area (Å²) in [5, 5.41) is 6.45. The van der Waals surface area contributed by atoms with Crippen molar-refractivity contribution in [2.45, 2.75) is 32.8 Å². The van der Waals surface area contributed by atoms with Crippen LogP contribution in [-0.2, 0) is 14.3 Å². The second-order valence-corrected chi connectivity index (χ2v) is 7.06. The molecular formula is C16H21N3O3S. The Morgan fingerprint density at radius 3 is 2.70 bits per heavy atom. The second-order valence-electron chi connectivity index (χ2n) is 6.03. The van der Waals surface area contributed by atoms with Crippen molar-refractivity contribution in [1.29, 1.82) is 0 Å². The second kappa shape index (κ2) is 7.41. The number of aromatic nitrogens is 1. The lowest BCUT2D eigenvalue weighted by Gasteiger charge is -2.19. The maximum absolute atomic E-state index is 11.7. The average molecular weight is 335 g/mol. The molecule has 2 aromatic rings. The van der Waals surface area contributed by atoms with E-state index < -0.39 is 11.6 Å². The first-order valence-corrected chi connectivity index (χ1v) is 8.23. The number of esters is 1. The first kappa shape index (κ1) is 17.2. The summed E-state index contributed by atoms with van der Waals surface area (Å²) in [5.74, 6) is -0.644. The average Bonchev–Trinajstić information content (AvgIpc) is 2.86. The fraction of sp³-hybridized carbons (Fsp3) is 0.438. The SMILES string of the molecule is CC(C)(C)OC(=O)CNC(=O)CCNc1nc2ccccc2s1. The summed E-state index contributed by atoms with van der Waals surface area (Å²) in [7, 11) is 0. The first-order valence-electron chi connectivity index (χ1n) is 7.41. The van der Waals surface area contributed by atoms with Gasteiger partial charge >= 0.3 is 5.97 Å². The molecule has 0 unspecified atom stereocenters. The molecule has 0 radical (unpaired) electrons. The van der Waals surface area contributed by atoms with Gasteiger partial charge in [-0.2, -0.15) is 0 Å². The topological polar surface area (TPSA) is 80.3 Å². The van der Waals surface area contributed by atoms with Gasteiger partial charge in [0.2, 0.25) is 5.91 Å². The van der Waals surface area contributed by atoms with Crippen molar-refractivity contribution in [2.75, 3.05) is 18.4 Å². The fourth-order valence-corrected chi connectivity index (χ4v) is 2.76. The number of hydrogen-bond donors (Lipinski definition) is 2. The molecule has 1 heterocycles. The van der Waals surface area contributed by atoms with Gasteiger partial charge in [-0.05, 0) is 32.9 Å². The summed E-state index contributed by atoms with van der Waals surface area (Å²) in [6.07, 6.45) is 0.263. The quantitative estimate of drug-likeness (QED) is 0.793. The normalized spacial score (nSPS) is 11.3. The van der Waals surface area contributed by atoms with Gasteiger partial charge in [0.25, 0.3) is 0 Å². The van der Waals surface area contributed by atoms with E-state index in [0.717, 1.165) is 15.3 Å². The number of thiazole rings is 1. The van der Waals surface area contributed by atoms with Crippen LogP contribution in [0.2, 0.25) is 0 Å². The number of nitrogens with one attached hydrogen (secondary N) is 2.